The molecule has 2 aliphatic heterocycles. The lowest BCUT2D eigenvalue weighted by Crippen LogP contribution is -2.54. The number of piperazine rings is 1. The zero-order valence-corrected chi connectivity index (χ0v) is 12.6. The molecule has 4 nitrogen and oxygen atoms in total. The van der Waals surface area contributed by atoms with Crippen LogP contribution in [0.4, 0.5) is 0 Å². The molecule has 1 aromatic carbocycles. The third-order valence-corrected chi connectivity index (χ3v) is 4.54. The summed E-state index contributed by atoms with van der Waals surface area (Å²) in [6.45, 7) is 5.67. The highest BCUT2D eigenvalue weighted by Gasteiger charge is 2.28. The Morgan fingerprint density at radius 3 is 2.52 bits per heavy atom. The molecule has 1 unspecified atom stereocenters. The van der Waals surface area contributed by atoms with Crippen molar-refractivity contribution in [1.29, 1.82) is 0 Å². The second kappa shape index (κ2) is 7.05. The first kappa shape index (κ1) is 14.5. The average molecular weight is 287 g/mol. The topological polar surface area (TPSA) is 35.6 Å². The number of carbonyl (C=O) groups is 1. The maximum atomic E-state index is 12.5. The molecule has 2 aliphatic rings. The van der Waals surface area contributed by atoms with Crippen molar-refractivity contribution in [2.75, 3.05) is 32.7 Å². The minimum absolute atomic E-state index is 0.0689. The van der Waals surface area contributed by atoms with Crippen LogP contribution in [0.15, 0.2) is 30.3 Å². The SMILES string of the molecule is O=C(C1CCCCN1)N1CCN(Cc2ccccc2)CC1. The number of rotatable bonds is 3. The maximum absolute atomic E-state index is 12.5. The Labute approximate surface area is 127 Å². The van der Waals surface area contributed by atoms with Crippen LogP contribution in [0.1, 0.15) is 24.8 Å². The summed E-state index contributed by atoms with van der Waals surface area (Å²) < 4.78 is 0. The molecular weight excluding hydrogens is 262 g/mol. The van der Waals surface area contributed by atoms with Gasteiger partial charge in [-0.1, -0.05) is 36.8 Å². The number of hydrogen-bond donors (Lipinski definition) is 1. The summed E-state index contributed by atoms with van der Waals surface area (Å²) in [6, 6.07) is 10.6. The van der Waals surface area contributed by atoms with Crippen LogP contribution in [0.2, 0.25) is 0 Å². The van der Waals surface area contributed by atoms with Crippen molar-refractivity contribution in [1.82, 2.24) is 15.1 Å². The van der Waals surface area contributed by atoms with Gasteiger partial charge in [-0.05, 0) is 24.9 Å². The third kappa shape index (κ3) is 3.83. The fraction of sp³-hybridized carbons (Fsp3) is 0.588. The predicted octanol–water partition coefficient (Wildman–Crippen LogP) is 1.47. The van der Waals surface area contributed by atoms with E-state index in [1.807, 2.05) is 4.90 Å². The highest BCUT2D eigenvalue weighted by atomic mass is 16.2. The van der Waals surface area contributed by atoms with Gasteiger partial charge in [0.05, 0.1) is 6.04 Å². The van der Waals surface area contributed by atoms with Gasteiger partial charge >= 0.3 is 0 Å². The van der Waals surface area contributed by atoms with E-state index in [1.54, 1.807) is 0 Å². The molecule has 1 atom stereocenters. The minimum Gasteiger partial charge on any atom is -0.339 e. The highest BCUT2D eigenvalue weighted by molar-refractivity contribution is 5.82. The van der Waals surface area contributed by atoms with E-state index < -0.39 is 0 Å². The summed E-state index contributed by atoms with van der Waals surface area (Å²) in [7, 11) is 0. The van der Waals surface area contributed by atoms with Gasteiger partial charge in [0.2, 0.25) is 5.91 Å². The molecule has 1 amide bonds. The molecule has 0 spiro atoms. The van der Waals surface area contributed by atoms with E-state index in [4.69, 9.17) is 0 Å². The predicted molar refractivity (Wildman–Crippen MR) is 83.9 cm³/mol. The summed E-state index contributed by atoms with van der Waals surface area (Å²) in [6.07, 6.45) is 3.38. The monoisotopic (exact) mass is 287 g/mol. The van der Waals surface area contributed by atoms with Gasteiger partial charge in [0.1, 0.15) is 0 Å². The van der Waals surface area contributed by atoms with Crippen molar-refractivity contribution in [2.24, 2.45) is 0 Å². The van der Waals surface area contributed by atoms with Crippen LogP contribution in [0, 0.1) is 0 Å². The quantitative estimate of drug-likeness (QED) is 0.914. The van der Waals surface area contributed by atoms with Gasteiger partial charge in [0.15, 0.2) is 0 Å². The summed E-state index contributed by atoms with van der Waals surface area (Å²) in [5, 5.41) is 3.36. The number of carbonyl (C=O) groups excluding carboxylic acids is 1. The third-order valence-electron chi connectivity index (χ3n) is 4.54. The van der Waals surface area contributed by atoms with E-state index in [0.29, 0.717) is 5.91 Å². The largest absolute Gasteiger partial charge is 0.339 e. The van der Waals surface area contributed by atoms with Gasteiger partial charge in [0.25, 0.3) is 0 Å². The lowest BCUT2D eigenvalue weighted by Gasteiger charge is -2.37. The molecule has 0 aromatic heterocycles. The van der Waals surface area contributed by atoms with Crippen LogP contribution >= 0.6 is 0 Å². The zero-order valence-electron chi connectivity index (χ0n) is 12.6. The van der Waals surface area contributed by atoms with Gasteiger partial charge in [0, 0.05) is 32.7 Å². The lowest BCUT2D eigenvalue weighted by atomic mass is 10.0. The van der Waals surface area contributed by atoms with Gasteiger partial charge in [-0.25, -0.2) is 0 Å². The first-order chi connectivity index (χ1) is 10.3. The van der Waals surface area contributed by atoms with Crippen LogP contribution in [0.5, 0.6) is 0 Å². The molecule has 2 saturated heterocycles. The Morgan fingerprint density at radius 1 is 1.10 bits per heavy atom. The Morgan fingerprint density at radius 2 is 1.86 bits per heavy atom. The molecule has 1 N–H and O–H groups in total. The van der Waals surface area contributed by atoms with Crippen molar-refractivity contribution < 1.29 is 4.79 Å². The number of benzene rings is 1. The number of amides is 1. The van der Waals surface area contributed by atoms with E-state index in [2.05, 4.69) is 40.5 Å². The molecule has 0 bridgehead atoms. The van der Waals surface area contributed by atoms with E-state index in [9.17, 15) is 4.79 Å². The summed E-state index contributed by atoms with van der Waals surface area (Å²) in [5.41, 5.74) is 1.35. The number of piperidine rings is 1. The van der Waals surface area contributed by atoms with E-state index >= 15 is 0 Å². The molecule has 0 radical (unpaired) electrons. The Hall–Kier alpha value is -1.39. The minimum atomic E-state index is 0.0689. The lowest BCUT2D eigenvalue weighted by molar-refractivity contribution is -0.135. The van der Waals surface area contributed by atoms with Crippen LogP contribution in [-0.4, -0.2) is 54.5 Å². The molecule has 1 aromatic rings. The van der Waals surface area contributed by atoms with Crippen LogP contribution in [0.3, 0.4) is 0 Å². The van der Waals surface area contributed by atoms with E-state index in [1.165, 1.54) is 18.4 Å². The van der Waals surface area contributed by atoms with Gasteiger partial charge in [-0.3, -0.25) is 9.69 Å². The normalized spacial score (nSPS) is 24.0. The van der Waals surface area contributed by atoms with Crippen LogP contribution in [-0.2, 0) is 11.3 Å². The highest BCUT2D eigenvalue weighted by Crippen LogP contribution is 2.13. The second-order valence-corrected chi connectivity index (χ2v) is 6.09. The fourth-order valence-corrected chi connectivity index (χ4v) is 3.25. The van der Waals surface area contributed by atoms with Crippen molar-refractivity contribution in [3.05, 3.63) is 35.9 Å². The second-order valence-electron chi connectivity index (χ2n) is 6.09. The van der Waals surface area contributed by atoms with Gasteiger partial charge in [-0.15, -0.1) is 0 Å². The molecule has 2 fully saturated rings. The Kier molecular flexibility index (Phi) is 4.88. The smallest absolute Gasteiger partial charge is 0.239 e. The molecule has 21 heavy (non-hydrogen) atoms. The maximum Gasteiger partial charge on any atom is 0.239 e. The van der Waals surface area contributed by atoms with Crippen LogP contribution in [0.25, 0.3) is 0 Å². The Balaban J connectivity index is 1.47. The molecule has 0 aliphatic carbocycles. The zero-order chi connectivity index (χ0) is 14.5. The van der Waals surface area contributed by atoms with Gasteiger partial charge < -0.3 is 10.2 Å². The first-order valence-electron chi connectivity index (χ1n) is 8.11. The molecule has 4 heteroatoms. The summed E-state index contributed by atoms with van der Waals surface area (Å²) >= 11 is 0. The molecule has 0 saturated carbocycles. The molecular formula is C17H25N3O. The van der Waals surface area contributed by atoms with Crippen molar-refractivity contribution in [2.45, 2.75) is 31.8 Å². The molecule has 2 heterocycles. The number of hydrogen-bond acceptors (Lipinski definition) is 3. The van der Waals surface area contributed by atoms with E-state index in [0.717, 1.165) is 45.7 Å². The van der Waals surface area contributed by atoms with Crippen molar-refractivity contribution in [3.8, 4) is 0 Å². The number of nitrogens with one attached hydrogen (secondary N) is 1. The van der Waals surface area contributed by atoms with Gasteiger partial charge in [-0.2, -0.15) is 0 Å². The summed E-state index contributed by atoms with van der Waals surface area (Å²) in [4.78, 5) is 16.9. The summed E-state index contributed by atoms with van der Waals surface area (Å²) in [5.74, 6) is 0.314. The first-order valence-corrected chi connectivity index (χ1v) is 8.11. The average Bonchev–Trinajstić information content (AvgIpc) is 2.57. The van der Waals surface area contributed by atoms with Crippen LogP contribution < -0.4 is 5.32 Å². The molecule has 3 rings (SSSR count). The number of nitrogens with zero attached hydrogens (tertiary/aromatic N) is 2. The Bertz CT molecular complexity index is 448. The fourth-order valence-electron chi connectivity index (χ4n) is 3.25. The standard InChI is InChI=1S/C17H25N3O/c21-17(16-8-4-5-9-18-16)20-12-10-19(11-13-20)14-15-6-2-1-3-7-15/h1-3,6-7,16,18H,4-5,8-14H2. The molecule has 114 valence electrons. The van der Waals surface area contributed by atoms with Crippen molar-refractivity contribution >= 4 is 5.91 Å². The van der Waals surface area contributed by atoms with Crippen molar-refractivity contribution in [3.63, 3.8) is 0 Å². The van der Waals surface area contributed by atoms with E-state index in [-0.39, 0.29) is 6.04 Å².